The van der Waals surface area contributed by atoms with Crippen LogP contribution in [-0.4, -0.2) is 90.1 Å². The first-order valence-corrected chi connectivity index (χ1v) is 3.63. The van der Waals surface area contributed by atoms with Crippen molar-refractivity contribution in [3.05, 3.63) is 0 Å². The van der Waals surface area contributed by atoms with E-state index in [1.165, 1.54) is 0 Å². The molecule has 0 fully saturated rings. The topological polar surface area (TPSA) is 192 Å². The van der Waals surface area contributed by atoms with Crippen molar-refractivity contribution in [1.29, 1.82) is 0 Å². The molecule has 19 heavy (non-hydrogen) atoms. The van der Waals surface area contributed by atoms with Crippen LogP contribution in [0.4, 0.5) is 0 Å². The SMILES string of the molecule is CC(=O)[O-].CC(=O)[O-].CC(=O)[O-].CC(=O)[O-].O.[Ca+2].[Mg+2]. The van der Waals surface area contributed by atoms with Crippen LogP contribution in [0.25, 0.3) is 0 Å². The minimum atomic E-state index is -1.08. The summed E-state index contributed by atoms with van der Waals surface area (Å²) < 4.78 is 0. The number of carbonyl (C=O) groups excluding carboxylic acids is 4. The summed E-state index contributed by atoms with van der Waals surface area (Å²) in [6.45, 7) is 3.89. The Hall–Kier alpha value is -0.134. The number of carboxylic acid groups (broad SMARTS) is 4. The van der Waals surface area contributed by atoms with Crippen LogP contribution in [0.2, 0.25) is 0 Å². The van der Waals surface area contributed by atoms with Gasteiger partial charge in [0.15, 0.2) is 0 Å². The summed E-state index contributed by atoms with van der Waals surface area (Å²) in [5.41, 5.74) is 0. The first-order chi connectivity index (χ1) is 6.93. The van der Waals surface area contributed by atoms with E-state index in [4.69, 9.17) is 39.6 Å². The quantitative estimate of drug-likeness (QED) is 0.393. The summed E-state index contributed by atoms with van der Waals surface area (Å²) in [5.74, 6) is -4.33. The minimum Gasteiger partial charge on any atom is -0.550 e. The summed E-state index contributed by atoms with van der Waals surface area (Å²) in [4.78, 5) is 35.6. The standard InChI is InChI=1S/4C2H4O2.Ca.Mg.H2O/c4*1-2(3)4;;;/h4*1H3,(H,3,4);;;1H2/q;;;;2*+2;/p-4. The van der Waals surface area contributed by atoms with E-state index in [1.54, 1.807) is 0 Å². The molecule has 0 spiro atoms. The van der Waals surface area contributed by atoms with Gasteiger partial charge in [0, 0.05) is 23.9 Å². The van der Waals surface area contributed by atoms with Crippen LogP contribution in [0.1, 0.15) is 27.7 Å². The second-order valence-electron chi connectivity index (χ2n) is 1.97. The fraction of sp³-hybridized carbons (Fsp3) is 0.500. The molecular weight excluding hydrogens is 304 g/mol. The van der Waals surface area contributed by atoms with Crippen LogP contribution in [0.3, 0.4) is 0 Å². The molecule has 0 atom stereocenters. The van der Waals surface area contributed by atoms with Crippen LogP contribution in [-0.2, 0) is 19.2 Å². The molecule has 0 amide bonds. The molecule has 11 heteroatoms. The van der Waals surface area contributed by atoms with E-state index in [0.717, 1.165) is 27.7 Å². The number of hydrogen-bond acceptors (Lipinski definition) is 8. The van der Waals surface area contributed by atoms with Gasteiger partial charge in [0.05, 0.1) is 0 Å². The molecule has 0 unspecified atom stereocenters. The number of carboxylic acids is 4. The third-order valence-corrected chi connectivity index (χ3v) is 0. The fourth-order valence-corrected chi connectivity index (χ4v) is 0. The van der Waals surface area contributed by atoms with Crippen LogP contribution in [0.15, 0.2) is 0 Å². The van der Waals surface area contributed by atoms with Crippen LogP contribution >= 0.6 is 0 Å². The van der Waals surface area contributed by atoms with E-state index in [-0.39, 0.29) is 66.3 Å². The molecule has 0 radical (unpaired) electrons. The van der Waals surface area contributed by atoms with E-state index in [9.17, 15) is 0 Å². The van der Waals surface area contributed by atoms with E-state index in [0.29, 0.717) is 0 Å². The third-order valence-electron chi connectivity index (χ3n) is 0. The van der Waals surface area contributed by atoms with Crippen molar-refractivity contribution in [1.82, 2.24) is 0 Å². The zero-order valence-electron chi connectivity index (χ0n) is 11.2. The van der Waals surface area contributed by atoms with Gasteiger partial charge in [-0.3, -0.25) is 0 Å². The second kappa shape index (κ2) is 36.1. The Labute approximate surface area is 156 Å². The van der Waals surface area contributed by atoms with Gasteiger partial charge in [-0.15, -0.1) is 0 Å². The molecule has 9 nitrogen and oxygen atoms in total. The molecule has 0 bridgehead atoms. The summed E-state index contributed by atoms with van der Waals surface area (Å²) >= 11 is 0. The summed E-state index contributed by atoms with van der Waals surface area (Å²) in [5, 5.41) is 35.6. The molecule has 0 heterocycles. The van der Waals surface area contributed by atoms with Gasteiger partial charge in [-0.25, -0.2) is 0 Å². The van der Waals surface area contributed by atoms with Crippen molar-refractivity contribution in [3.8, 4) is 0 Å². The predicted molar refractivity (Wildman–Crippen MR) is 57.8 cm³/mol. The Bertz CT molecular complexity index is 168. The van der Waals surface area contributed by atoms with Gasteiger partial charge in [0.1, 0.15) is 0 Å². The Balaban J connectivity index is -0.0000000192. The first kappa shape index (κ1) is 42.8. The van der Waals surface area contributed by atoms with Gasteiger partial charge in [-0.1, -0.05) is 0 Å². The van der Waals surface area contributed by atoms with Crippen molar-refractivity contribution in [2.75, 3.05) is 0 Å². The van der Waals surface area contributed by atoms with Gasteiger partial charge in [-0.05, 0) is 27.7 Å². The van der Waals surface area contributed by atoms with Crippen LogP contribution in [0, 0.1) is 0 Å². The molecule has 0 aliphatic rings. The maximum absolute atomic E-state index is 8.89. The summed E-state index contributed by atoms with van der Waals surface area (Å²) in [6.07, 6.45) is 0. The molecule has 0 aromatic carbocycles. The molecular formula is C8H14CaMgO9. The van der Waals surface area contributed by atoms with E-state index >= 15 is 0 Å². The third kappa shape index (κ3) is 250000. The Morgan fingerprint density at radius 2 is 0.579 bits per heavy atom. The molecule has 0 aromatic heterocycles. The van der Waals surface area contributed by atoms with Crippen LogP contribution in [0.5, 0.6) is 0 Å². The monoisotopic (exact) mass is 318 g/mol. The summed E-state index contributed by atoms with van der Waals surface area (Å²) in [6, 6.07) is 0. The molecule has 2 N–H and O–H groups in total. The first-order valence-electron chi connectivity index (χ1n) is 3.63. The maximum Gasteiger partial charge on any atom is 2.00 e. The molecule has 0 aromatic rings. The van der Waals surface area contributed by atoms with Crippen molar-refractivity contribution >= 4 is 84.7 Å². The normalized spacial score (nSPS) is 5.26. The Kier molecular flexibility index (Phi) is 81.2. The minimum absolute atomic E-state index is 0. The number of hydrogen-bond donors (Lipinski definition) is 0. The van der Waals surface area contributed by atoms with E-state index < -0.39 is 23.9 Å². The zero-order valence-corrected chi connectivity index (χ0v) is 14.8. The van der Waals surface area contributed by atoms with Crippen molar-refractivity contribution in [2.45, 2.75) is 27.7 Å². The zero-order chi connectivity index (χ0) is 14.3. The molecule has 0 rings (SSSR count). The van der Waals surface area contributed by atoms with Crippen LogP contribution < -0.4 is 20.4 Å². The maximum atomic E-state index is 8.89. The molecule has 104 valence electrons. The van der Waals surface area contributed by atoms with Gasteiger partial charge in [0.25, 0.3) is 0 Å². The van der Waals surface area contributed by atoms with E-state index in [1.807, 2.05) is 0 Å². The van der Waals surface area contributed by atoms with Gasteiger partial charge in [-0.2, -0.15) is 0 Å². The van der Waals surface area contributed by atoms with Gasteiger partial charge in [0.2, 0.25) is 0 Å². The second-order valence-corrected chi connectivity index (χ2v) is 1.97. The number of carbonyl (C=O) groups is 4. The van der Waals surface area contributed by atoms with Crippen molar-refractivity contribution < 1.29 is 45.1 Å². The largest absolute Gasteiger partial charge is 2.00 e. The average molecular weight is 319 g/mol. The summed E-state index contributed by atoms with van der Waals surface area (Å²) in [7, 11) is 0. The molecule has 0 saturated carbocycles. The van der Waals surface area contributed by atoms with Gasteiger partial charge < -0.3 is 45.1 Å². The van der Waals surface area contributed by atoms with Gasteiger partial charge >= 0.3 is 60.8 Å². The molecule has 0 aliphatic heterocycles. The number of aliphatic carboxylic acids is 4. The number of rotatable bonds is 0. The fourth-order valence-electron chi connectivity index (χ4n) is 0. The Morgan fingerprint density at radius 1 is 0.579 bits per heavy atom. The average Bonchev–Trinajstić information content (AvgIpc) is 1.76. The van der Waals surface area contributed by atoms with Crippen molar-refractivity contribution in [2.24, 2.45) is 0 Å². The van der Waals surface area contributed by atoms with Crippen molar-refractivity contribution in [3.63, 3.8) is 0 Å². The van der Waals surface area contributed by atoms with E-state index in [2.05, 4.69) is 0 Å². The smallest absolute Gasteiger partial charge is 0.550 e. The molecule has 0 aliphatic carbocycles. The Morgan fingerprint density at radius 3 is 0.579 bits per heavy atom. The molecule has 0 saturated heterocycles. The predicted octanol–water partition coefficient (Wildman–Crippen LogP) is -6.56.